The number of aromatic nitrogens is 2. The van der Waals surface area contributed by atoms with E-state index in [2.05, 4.69) is 15.5 Å². The third kappa shape index (κ3) is 3.67. The summed E-state index contributed by atoms with van der Waals surface area (Å²) in [6, 6.07) is 15.2. The van der Waals surface area contributed by atoms with Gasteiger partial charge < -0.3 is 5.32 Å². The topological polar surface area (TPSA) is 81.6 Å². The van der Waals surface area contributed by atoms with Crippen molar-refractivity contribution in [3.8, 4) is 17.3 Å². The maximum absolute atomic E-state index is 13.8. The van der Waals surface area contributed by atoms with Gasteiger partial charge in [0.2, 0.25) is 0 Å². The highest BCUT2D eigenvalue weighted by Crippen LogP contribution is 2.22. The molecule has 1 unspecified atom stereocenters. The lowest BCUT2D eigenvalue weighted by Gasteiger charge is -2.11. The molecule has 1 heterocycles. The highest BCUT2D eigenvalue weighted by atomic mass is 35.5. The molecule has 0 aliphatic heterocycles. The van der Waals surface area contributed by atoms with Crippen molar-refractivity contribution in [1.82, 2.24) is 15.5 Å². The molecule has 3 rings (SSSR count). The van der Waals surface area contributed by atoms with Crippen LogP contribution < -0.4 is 5.32 Å². The molecule has 2 aromatic carbocycles. The highest BCUT2D eigenvalue weighted by molar-refractivity contribution is 6.30. The summed E-state index contributed by atoms with van der Waals surface area (Å²) in [6.07, 6.45) is 0. The van der Waals surface area contributed by atoms with Crippen LogP contribution >= 0.6 is 11.6 Å². The number of rotatable bonds is 4. The van der Waals surface area contributed by atoms with Crippen LogP contribution in [0.1, 0.15) is 22.1 Å². The smallest absolute Gasteiger partial charge is 0.270 e. The Kier molecular flexibility index (Phi) is 4.78. The minimum absolute atomic E-state index is 0.105. The van der Waals surface area contributed by atoms with Crippen LogP contribution in [0.15, 0.2) is 54.6 Å². The van der Waals surface area contributed by atoms with Gasteiger partial charge in [-0.05, 0) is 24.3 Å². The van der Waals surface area contributed by atoms with Crippen molar-refractivity contribution in [2.24, 2.45) is 0 Å². The summed E-state index contributed by atoms with van der Waals surface area (Å²) in [5, 5.41) is 19.0. The molecule has 0 spiro atoms. The second kappa shape index (κ2) is 7.16. The lowest BCUT2D eigenvalue weighted by Crippen LogP contribution is -2.28. The van der Waals surface area contributed by atoms with Gasteiger partial charge in [0, 0.05) is 16.1 Å². The van der Waals surface area contributed by atoms with Gasteiger partial charge in [-0.3, -0.25) is 9.89 Å². The number of amides is 1. The second-order valence-electron chi connectivity index (χ2n) is 5.23. The molecule has 1 atom stereocenters. The molecule has 25 heavy (non-hydrogen) atoms. The van der Waals surface area contributed by atoms with E-state index < -0.39 is 17.8 Å². The molecule has 2 N–H and O–H groups in total. The van der Waals surface area contributed by atoms with Crippen molar-refractivity contribution >= 4 is 17.5 Å². The lowest BCUT2D eigenvalue weighted by atomic mass is 10.1. The minimum Gasteiger partial charge on any atom is -0.331 e. The molecular weight excluding hydrogens is 343 g/mol. The molecule has 7 heteroatoms. The van der Waals surface area contributed by atoms with Gasteiger partial charge in [-0.15, -0.1) is 0 Å². The maximum Gasteiger partial charge on any atom is 0.270 e. The fourth-order valence-corrected chi connectivity index (χ4v) is 2.52. The van der Waals surface area contributed by atoms with E-state index in [-0.39, 0.29) is 11.3 Å². The van der Waals surface area contributed by atoms with E-state index in [1.54, 1.807) is 30.3 Å². The molecular formula is C18H12ClFN4O. The first-order valence-electron chi connectivity index (χ1n) is 7.35. The summed E-state index contributed by atoms with van der Waals surface area (Å²) >= 11 is 5.95. The molecule has 5 nitrogen and oxygen atoms in total. The van der Waals surface area contributed by atoms with Gasteiger partial charge in [-0.1, -0.05) is 41.9 Å². The van der Waals surface area contributed by atoms with E-state index in [4.69, 9.17) is 11.6 Å². The van der Waals surface area contributed by atoms with Crippen molar-refractivity contribution in [1.29, 1.82) is 5.26 Å². The van der Waals surface area contributed by atoms with Crippen molar-refractivity contribution in [2.75, 3.05) is 0 Å². The minimum atomic E-state index is -1.10. The zero-order valence-corrected chi connectivity index (χ0v) is 13.6. The quantitative estimate of drug-likeness (QED) is 0.746. The van der Waals surface area contributed by atoms with Crippen molar-refractivity contribution in [3.05, 3.63) is 76.7 Å². The first-order valence-corrected chi connectivity index (χ1v) is 7.72. The number of hydrogen-bond donors (Lipinski definition) is 2. The zero-order chi connectivity index (χ0) is 17.8. The molecule has 0 saturated carbocycles. The summed E-state index contributed by atoms with van der Waals surface area (Å²) < 4.78 is 13.8. The van der Waals surface area contributed by atoms with Crippen LogP contribution in [-0.4, -0.2) is 16.1 Å². The van der Waals surface area contributed by atoms with E-state index in [0.717, 1.165) is 5.56 Å². The standard InChI is InChI=1S/C18H12ClFN4O/c19-12-5-3-4-11(8-12)15-9-16(24-23-15)18(25)22-17(10-21)13-6-1-2-7-14(13)20/h1-9,17H,(H,22,25)(H,23,24). The van der Waals surface area contributed by atoms with Crippen LogP contribution in [0, 0.1) is 17.1 Å². The van der Waals surface area contributed by atoms with Gasteiger partial charge in [-0.2, -0.15) is 10.4 Å². The largest absolute Gasteiger partial charge is 0.331 e. The van der Waals surface area contributed by atoms with Crippen LogP contribution in [0.5, 0.6) is 0 Å². The number of carbonyl (C=O) groups excluding carboxylic acids is 1. The molecule has 124 valence electrons. The summed E-state index contributed by atoms with van der Waals surface area (Å²) in [6.45, 7) is 0. The Hall–Kier alpha value is -3.17. The van der Waals surface area contributed by atoms with Crippen LogP contribution in [0.4, 0.5) is 4.39 Å². The summed E-state index contributed by atoms with van der Waals surface area (Å²) in [5.74, 6) is -1.12. The Balaban J connectivity index is 1.80. The molecule has 1 amide bonds. The van der Waals surface area contributed by atoms with Crippen molar-refractivity contribution in [3.63, 3.8) is 0 Å². The van der Waals surface area contributed by atoms with E-state index in [1.807, 2.05) is 6.07 Å². The summed E-state index contributed by atoms with van der Waals surface area (Å²) in [4.78, 5) is 12.3. The van der Waals surface area contributed by atoms with Crippen molar-refractivity contribution < 1.29 is 9.18 Å². The number of nitrogens with one attached hydrogen (secondary N) is 2. The summed E-state index contributed by atoms with van der Waals surface area (Å²) in [7, 11) is 0. The third-order valence-electron chi connectivity index (χ3n) is 3.56. The number of nitriles is 1. The van der Waals surface area contributed by atoms with E-state index >= 15 is 0 Å². The number of nitrogens with zero attached hydrogens (tertiary/aromatic N) is 2. The van der Waals surface area contributed by atoms with Crippen molar-refractivity contribution in [2.45, 2.75) is 6.04 Å². The van der Waals surface area contributed by atoms with Gasteiger partial charge in [0.1, 0.15) is 17.6 Å². The fourth-order valence-electron chi connectivity index (χ4n) is 2.33. The predicted molar refractivity (Wildman–Crippen MR) is 91.3 cm³/mol. The number of H-pyrrole nitrogens is 1. The van der Waals surface area contributed by atoms with Gasteiger partial charge in [0.15, 0.2) is 0 Å². The van der Waals surface area contributed by atoms with E-state index in [1.165, 1.54) is 24.3 Å². The first-order chi connectivity index (χ1) is 12.1. The average molecular weight is 355 g/mol. The normalized spacial score (nSPS) is 11.6. The molecule has 0 aliphatic rings. The predicted octanol–water partition coefficient (Wildman–Crippen LogP) is 3.86. The molecule has 0 fully saturated rings. The first kappa shape index (κ1) is 16.7. The van der Waals surface area contributed by atoms with Crippen LogP contribution in [0.25, 0.3) is 11.3 Å². The average Bonchev–Trinajstić information content (AvgIpc) is 3.10. The molecule has 0 bridgehead atoms. The SMILES string of the molecule is N#CC(NC(=O)c1cc(-c2cccc(Cl)c2)n[nH]1)c1ccccc1F. The van der Waals surface area contributed by atoms with E-state index in [0.29, 0.717) is 10.7 Å². The van der Waals surface area contributed by atoms with Gasteiger partial charge in [0.25, 0.3) is 5.91 Å². The van der Waals surface area contributed by atoms with Gasteiger partial charge in [-0.25, -0.2) is 4.39 Å². The van der Waals surface area contributed by atoms with Crippen LogP contribution in [-0.2, 0) is 0 Å². The lowest BCUT2D eigenvalue weighted by molar-refractivity contribution is 0.0939. The third-order valence-corrected chi connectivity index (χ3v) is 3.80. The summed E-state index contributed by atoms with van der Waals surface area (Å²) in [5.41, 5.74) is 1.54. The van der Waals surface area contributed by atoms with Crippen LogP contribution in [0.2, 0.25) is 5.02 Å². The highest BCUT2D eigenvalue weighted by Gasteiger charge is 2.19. The Morgan fingerprint density at radius 1 is 1.24 bits per heavy atom. The Morgan fingerprint density at radius 2 is 2.04 bits per heavy atom. The second-order valence-corrected chi connectivity index (χ2v) is 5.67. The Bertz CT molecular complexity index is 963. The zero-order valence-electron chi connectivity index (χ0n) is 12.8. The number of halogens is 2. The number of carbonyl (C=O) groups is 1. The van der Waals surface area contributed by atoms with Gasteiger partial charge >= 0.3 is 0 Å². The molecule has 0 radical (unpaired) electrons. The van der Waals surface area contributed by atoms with E-state index in [9.17, 15) is 14.4 Å². The molecule has 0 saturated heterocycles. The molecule has 0 aliphatic carbocycles. The fraction of sp³-hybridized carbons (Fsp3) is 0.0556. The molecule has 3 aromatic rings. The molecule has 1 aromatic heterocycles. The maximum atomic E-state index is 13.8. The number of benzene rings is 2. The monoisotopic (exact) mass is 354 g/mol. The Morgan fingerprint density at radius 3 is 2.76 bits per heavy atom. The van der Waals surface area contributed by atoms with Crippen LogP contribution in [0.3, 0.4) is 0 Å². The Labute approximate surface area is 148 Å². The number of hydrogen-bond acceptors (Lipinski definition) is 3. The number of aromatic amines is 1. The van der Waals surface area contributed by atoms with Gasteiger partial charge in [0.05, 0.1) is 11.8 Å².